The third-order valence-electron chi connectivity index (χ3n) is 7.35. The van der Waals surface area contributed by atoms with Gasteiger partial charge in [0, 0.05) is 5.56 Å². The van der Waals surface area contributed by atoms with Crippen LogP contribution in [0.5, 0.6) is 11.5 Å². The van der Waals surface area contributed by atoms with E-state index in [0.29, 0.717) is 36.9 Å². The largest absolute Gasteiger partial charge is 0.497 e. The molecule has 0 spiro atoms. The zero-order chi connectivity index (χ0) is 28.0. The standard InChI is InChI=1S/C34H41FO4/c1-6-38-33(36)21-29(24-10-11-24)25-9-7-8-23(18-25)22-39-32-15-12-26(19-27(32)16-17-34(2,3)4)30-20-28(37-5)13-14-31(30)35/h7-9,12-15,18-20,24,29H,6,10-11,16-17,21-22H2,1-5H3. The van der Waals surface area contributed by atoms with Crippen molar-refractivity contribution in [1.82, 2.24) is 0 Å². The molecule has 4 nitrogen and oxygen atoms in total. The monoisotopic (exact) mass is 532 g/mol. The summed E-state index contributed by atoms with van der Waals surface area (Å²) in [6.45, 7) is 9.33. The van der Waals surface area contributed by atoms with Crippen molar-refractivity contribution < 1.29 is 23.4 Å². The molecule has 0 N–H and O–H groups in total. The van der Waals surface area contributed by atoms with Gasteiger partial charge in [0.15, 0.2) is 0 Å². The molecule has 4 rings (SSSR count). The lowest BCUT2D eigenvalue weighted by molar-refractivity contribution is -0.143. The van der Waals surface area contributed by atoms with Crippen molar-refractivity contribution >= 4 is 5.97 Å². The number of aryl methyl sites for hydroxylation is 1. The Kier molecular flexibility index (Phi) is 9.32. The minimum Gasteiger partial charge on any atom is -0.497 e. The van der Waals surface area contributed by atoms with Gasteiger partial charge in [0.05, 0.1) is 20.1 Å². The lowest BCUT2D eigenvalue weighted by Crippen LogP contribution is -2.12. The summed E-state index contributed by atoms with van der Waals surface area (Å²) in [7, 11) is 1.58. The van der Waals surface area contributed by atoms with E-state index >= 15 is 0 Å². The van der Waals surface area contributed by atoms with Crippen molar-refractivity contribution in [2.45, 2.75) is 72.3 Å². The maximum Gasteiger partial charge on any atom is 0.306 e. The second-order valence-electron chi connectivity index (χ2n) is 11.7. The van der Waals surface area contributed by atoms with Crippen molar-refractivity contribution in [3.8, 4) is 22.6 Å². The number of benzene rings is 3. The fourth-order valence-electron chi connectivity index (χ4n) is 4.97. The van der Waals surface area contributed by atoms with Gasteiger partial charge < -0.3 is 14.2 Å². The van der Waals surface area contributed by atoms with Gasteiger partial charge in [-0.2, -0.15) is 0 Å². The number of esters is 1. The van der Waals surface area contributed by atoms with Crippen LogP contribution in [0.15, 0.2) is 60.7 Å². The van der Waals surface area contributed by atoms with Crippen molar-refractivity contribution in [3.63, 3.8) is 0 Å². The van der Waals surface area contributed by atoms with Gasteiger partial charge in [-0.15, -0.1) is 0 Å². The number of carbonyl (C=O) groups is 1. The first-order valence-electron chi connectivity index (χ1n) is 14.0. The molecule has 1 saturated carbocycles. The first-order chi connectivity index (χ1) is 18.7. The predicted octanol–water partition coefficient (Wildman–Crippen LogP) is 8.51. The van der Waals surface area contributed by atoms with Crippen LogP contribution in [0.3, 0.4) is 0 Å². The summed E-state index contributed by atoms with van der Waals surface area (Å²) in [5.41, 5.74) is 4.75. The van der Waals surface area contributed by atoms with E-state index in [2.05, 4.69) is 39.0 Å². The molecule has 0 radical (unpaired) electrons. The summed E-state index contributed by atoms with van der Waals surface area (Å²) >= 11 is 0. The second kappa shape index (κ2) is 12.7. The van der Waals surface area contributed by atoms with Crippen LogP contribution in [0.25, 0.3) is 11.1 Å². The number of hydrogen-bond donors (Lipinski definition) is 0. The highest BCUT2D eigenvalue weighted by Crippen LogP contribution is 2.45. The number of rotatable bonds is 12. The van der Waals surface area contributed by atoms with Crippen LogP contribution in [0.2, 0.25) is 0 Å². The first-order valence-corrected chi connectivity index (χ1v) is 14.0. The van der Waals surface area contributed by atoms with E-state index in [1.54, 1.807) is 19.2 Å². The molecule has 0 heterocycles. The van der Waals surface area contributed by atoms with E-state index in [9.17, 15) is 9.18 Å². The highest BCUT2D eigenvalue weighted by atomic mass is 19.1. The molecule has 1 aliphatic rings. The summed E-state index contributed by atoms with van der Waals surface area (Å²) in [5.74, 6) is 1.74. The second-order valence-corrected chi connectivity index (χ2v) is 11.7. The molecule has 0 aromatic heterocycles. The molecule has 1 fully saturated rings. The quantitative estimate of drug-likeness (QED) is 0.219. The van der Waals surface area contributed by atoms with Crippen LogP contribution in [0.4, 0.5) is 4.39 Å². The van der Waals surface area contributed by atoms with E-state index < -0.39 is 0 Å². The van der Waals surface area contributed by atoms with Crippen molar-refractivity contribution in [3.05, 3.63) is 83.2 Å². The maximum atomic E-state index is 14.7. The SMILES string of the molecule is CCOC(=O)CC(c1cccc(COc2ccc(-c3cc(OC)ccc3F)cc2CCC(C)(C)C)c1)C1CC1. The molecule has 0 bridgehead atoms. The topological polar surface area (TPSA) is 44.8 Å². The Hall–Kier alpha value is -3.34. The summed E-state index contributed by atoms with van der Waals surface area (Å²) < 4.78 is 31.7. The van der Waals surface area contributed by atoms with Gasteiger partial charge in [-0.3, -0.25) is 4.79 Å². The van der Waals surface area contributed by atoms with E-state index in [-0.39, 0.29) is 23.1 Å². The third-order valence-corrected chi connectivity index (χ3v) is 7.35. The molecule has 5 heteroatoms. The molecule has 0 aliphatic heterocycles. The van der Waals surface area contributed by atoms with Crippen molar-refractivity contribution in [1.29, 1.82) is 0 Å². The molecule has 1 unspecified atom stereocenters. The molecule has 1 aliphatic carbocycles. The summed E-state index contributed by atoms with van der Waals surface area (Å²) in [4.78, 5) is 12.2. The fourth-order valence-corrected chi connectivity index (χ4v) is 4.97. The third kappa shape index (κ3) is 8.08. The van der Waals surface area contributed by atoms with Gasteiger partial charge >= 0.3 is 5.97 Å². The van der Waals surface area contributed by atoms with E-state index in [1.807, 2.05) is 31.2 Å². The summed E-state index contributed by atoms with van der Waals surface area (Å²) in [6.07, 6.45) is 4.52. The molecule has 3 aromatic carbocycles. The van der Waals surface area contributed by atoms with Gasteiger partial charge in [0.2, 0.25) is 0 Å². The Morgan fingerprint density at radius 2 is 1.85 bits per heavy atom. The van der Waals surface area contributed by atoms with Crippen LogP contribution in [0, 0.1) is 17.2 Å². The average molecular weight is 533 g/mol. The molecule has 1 atom stereocenters. The number of halogens is 1. The van der Waals surface area contributed by atoms with E-state index in [4.69, 9.17) is 14.2 Å². The number of carbonyl (C=O) groups excluding carboxylic acids is 1. The van der Waals surface area contributed by atoms with Gasteiger partial charge in [0.25, 0.3) is 0 Å². The zero-order valence-electron chi connectivity index (χ0n) is 23.9. The number of ether oxygens (including phenoxy) is 3. The van der Waals surface area contributed by atoms with Gasteiger partial charge in [-0.25, -0.2) is 4.39 Å². The van der Waals surface area contributed by atoms with E-state index in [1.165, 1.54) is 11.6 Å². The Morgan fingerprint density at radius 1 is 1.05 bits per heavy atom. The Labute approximate surface area is 232 Å². The summed E-state index contributed by atoms with van der Waals surface area (Å²) in [5, 5.41) is 0. The minimum atomic E-state index is -0.281. The maximum absolute atomic E-state index is 14.7. The highest BCUT2D eigenvalue weighted by molar-refractivity contribution is 5.71. The lowest BCUT2D eigenvalue weighted by Gasteiger charge is -2.20. The Morgan fingerprint density at radius 3 is 2.54 bits per heavy atom. The van der Waals surface area contributed by atoms with Crippen LogP contribution in [-0.4, -0.2) is 19.7 Å². The number of hydrogen-bond acceptors (Lipinski definition) is 4. The van der Waals surface area contributed by atoms with Crippen LogP contribution >= 0.6 is 0 Å². The Balaban J connectivity index is 1.55. The first kappa shape index (κ1) is 28.7. The van der Waals surface area contributed by atoms with Gasteiger partial charge in [0.1, 0.15) is 23.9 Å². The lowest BCUT2D eigenvalue weighted by atomic mass is 9.88. The molecule has 208 valence electrons. The van der Waals surface area contributed by atoms with Gasteiger partial charge in [-0.1, -0.05) is 51.1 Å². The Bertz CT molecular complexity index is 1270. The fraction of sp³-hybridized carbons (Fsp3) is 0.441. The minimum absolute atomic E-state index is 0.132. The zero-order valence-corrected chi connectivity index (χ0v) is 23.9. The molecular formula is C34H41FO4. The predicted molar refractivity (Wildman–Crippen MR) is 154 cm³/mol. The van der Waals surface area contributed by atoms with Crippen molar-refractivity contribution in [2.75, 3.05) is 13.7 Å². The summed E-state index contributed by atoms with van der Waals surface area (Å²) in [6, 6.07) is 19.1. The molecule has 0 saturated heterocycles. The van der Waals surface area contributed by atoms with Crippen LogP contribution in [0.1, 0.15) is 76.0 Å². The van der Waals surface area contributed by atoms with Crippen LogP contribution < -0.4 is 9.47 Å². The molecule has 3 aromatic rings. The smallest absolute Gasteiger partial charge is 0.306 e. The molecule has 0 amide bonds. The van der Waals surface area contributed by atoms with Crippen molar-refractivity contribution in [2.24, 2.45) is 11.3 Å². The normalized spacial score (nSPS) is 14.1. The van der Waals surface area contributed by atoms with Crippen LogP contribution in [-0.2, 0) is 22.6 Å². The number of methoxy groups -OCH3 is 1. The molecule has 39 heavy (non-hydrogen) atoms. The molecular weight excluding hydrogens is 491 g/mol. The van der Waals surface area contributed by atoms with Gasteiger partial charge in [-0.05, 0) is 102 Å². The highest BCUT2D eigenvalue weighted by Gasteiger charge is 2.34. The van der Waals surface area contributed by atoms with E-state index in [0.717, 1.165) is 48.1 Å². The average Bonchev–Trinajstić information content (AvgIpc) is 3.75.